The van der Waals surface area contributed by atoms with E-state index in [2.05, 4.69) is 29.2 Å². The Hall–Kier alpha value is -1.54. The fraction of sp³-hybridized carbons (Fsp3) is 0.667. The van der Waals surface area contributed by atoms with Gasteiger partial charge in [-0.3, -0.25) is 0 Å². The first-order chi connectivity index (χ1) is 12.6. The van der Waals surface area contributed by atoms with E-state index in [1.54, 1.807) is 0 Å². The first-order valence-electron chi connectivity index (χ1n) is 9.17. The standard InChI is InChI=1S/C13H19NO3.C6H13N3.2CH4.2H2S/c1-2-11(9-15)8-14-13(16)17-10-12-6-4-3-5-7-12;1-3-6(4-2)5-8-9-7;;;;/h3-7,11,15H,2,8-10H2,1H3,(H,14,16);6H,3-5H2,1-2H3;2*1H4;2*1H2/t11-;;;;;/m0...../s1. The van der Waals surface area contributed by atoms with Gasteiger partial charge >= 0.3 is 6.09 Å². The Morgan fingerprint density at radius 1 is 1.10 bits per heavy atom. The van der Waals surface area contributed by atoms with E-state index >= 15 is 0 Å². The van der Waals surface area contributed by atoms with Crippen LogP contribution < -0.4 is 5.32 Å². The molecule has 2 N–H and O–H groups in total. The maximum atomic E-state index is 11.3. The summed E-state index contributed by atoms with van der Waals surface area (Å²) >= 11 is 0. The van der Waals surface area contributed by atoms with Gasteiger partial charge in [-0.05, 0) is 29.4 Å². The lowest BCUT2D eigenvalue weighted by Crippen LogP contribution is -2.30. The first-order valence-corrected chi connectivity index (χ1v) is 9.17. The Morgan fingerprint density at radius 3 is 2.07 bits per heavy atom. The summed E-state index contributed by atoms with van der Waals surface area (Å²) in [6, 6.07) is 9.51. The number of azide groups is 1. The third-order valence-electron chi connectivity index (χ3n) is 4.14. The van der Waals surface area contributed by atoms with Crippen molar-refractivity contribution in [1.82, 2.24) is 5.32 Å². The maximum Gasteiger partial charge on any atom is 0.407 e. The number of ether oxygens (including phenoxy) is 1. The lowest BCUT2D eigenvalue weighted by molar-refractivity contribution is 0.135. The van der Waals surface area contributed by atoms with Gasteiger partial charge in [0, 0.05) is 24.6 Å². The molecule has 0 heterocycles. The van der Waals surface area contributed by atoms with Crippen LogP contribution in [0.3, 0.4) is 0 Å². The van der Waals surface area contributed by atoms with Crippen molar-refractivity contribution >= 4 is 33.1 Å². The monoisotopic (exact) mass is 464 g/mol. The highest BCUT2D eigenvalue weighted by molar-refractivity contribution is 7.59. The fourth-order valence-electron chi connectivity index (χ4n) is 2.04. The highest BCUT2D eigenvalue weighted by atomic mass is 32.1. The summed E-state index contributed by atoms with van der Waals surface area (Å²) in [5, 5.41) is 15.1. The van der Waals surface area contributed by atoms with Crippen LogP contribution in [-0.4, -0.2) is 30.9 Å². The van der Waals surface area contributed by atoms with Crippen LogP contribution in [0, 0.1) is 11.8 Å². The molecule has 0 aliphatic heterocycles. The van der Waals surface area contributed by atoms with Crippen molar-refractivity contribution in [2.45, 2.75) is 61.5 Å². The SMILES string of the molecule is C.C.CCC(CC)CN=[N+]=[N-].CC[C@H](CO)CNC(=O)OCc1ccccc1.S.S. The molecule has 0 aliphatic carbocycles. The summed E-state index contributed by atoms with van der Waals surface area (Å²) in [5.41, 5.74) is 8.92. The van der Waals surface area contributed by atoms with Gasteiger partial charge in [0.2, 0.25) is 0 Å². The number of aliphatic hydroxyl groups excluding tert-OH is 1. The van der Waals surface area contributed by atoms with Crippen LogP contribution in [0.25, 0.3) is 10.4 Å². The third-order valence-corrected chi connectivity index (χ3v) is 4.14. The zero-order chi connectivity index (χ0) is 19.6. The molecule has 0 aromatic heterocycles. The topological polar surface area (TPSA) is 107 Å². The van der Waals surface area contributed by atoms with Crippen LogP contribution in [-0.2, 0) is 11.3 Å². The highest BCUT2D eigenvalue weighted by Crippen LogP contribution is 2.06. The number of hydrogen-bond donors (Lipinski definition) is 2. The summed E-state index contributed by atoms with van der Waals surface area (Å²) in [6.07, 6.45) is 2.60. The van der Waals surface area contributed by atoms with Gasteiger partial charge in [-0.1, -0.05) is 83.9 Å². The lowest BCUT2D eigenvalue weighted by Gasteiger charge is -2.12. The van der Waals surface area contributed by atoms with Crippen molar-refractivity contribution in [1.29, 1.82) is 0 Å². The van der Waals surface area contributed by atoms with Crippen molar-refractivity contribution < 1.29 is 14.6 Å². The maximum absolute atomic E-state index is 11.3. The molecule has 1 aromatic rings. The van der Waals surface area contributed by atoms with E-state index in [0.717, 1.165) is 24.8 Å². The predicted molar refractivity (Wildman–Crippen MR) is 138 cm³/mol. The van der Waals surface area contributed by atoms with E-state index in [-0.39, 0.29) is 61.0 Å². The van der Waals surface area contributed by atoms with Gasteiger partial charge in [0.15, 0.2) is 0 Å². The van der Waals surface area contributed by atoms with Crippen molar-refractivity contribution in [3.05, 3.63) is 46.3 Å². The number of amides is 1. The molecule has 0 radical (unpaired) electrons. The van der Waals surface area contributed by atoms with Gasteiger partial charge < -0.3 is 15.2 Å². The van der Waals surface area contributed by atoms with Crippen LogP contribution in [0.1, 0.15) is 60.5 Å². The zero-order valence-electron chi connectivity index (χ0n) is 17.1. The Kier molecular flexibility index (Phi) is 35.7. The van der Waals surface area contributed by atoms with Crippen LogP contribution in [0.15, 0.2) is 35.4 Å². The molecule has 0 bridgehead atoms. The van der Waals surface area contributed by atoms with Crippen molar-refractivity contribution in [2.24, 2.45) is 17.0 Å². The number of rotatable bonds is 10. The summed E-state index contributed by atoms with van der Waals surface area (Å²) in [5.74, 6) is 0.681. The molecular formula is C21H44N4O3S2. The number of carbonyl (C=O) groups excluding carboxylic acids is 1. The summed E-state index contributed by atoms with van der Waals surface area (Å²) in [7, 11) is 0. The van der Waals surface area contributed by atoms with E-state index < -0.39 is 6.09 Å². The van der Waals surface area contributed by atoms with Crippen LogP contribution in [0.4, 0.5) is 4.79 Å². The predicted octanol–water partition coefficient (Wildman–Crippen LogP) is 6.16. The van der Waals surface area contributed by atoms with Crippen LogP contribution >= 0.6 is 27.0 Å². The summed E-state index contributed by atoms with van der Waals surface area (Å²) in [4.78, 5) is 14.0. The van der Waals surface area contributed by atoms with Gasteiger partial charge in [-0.2, -0.15) is 27.0 Å². The molecule has 0 fully saturated rings. The average Bonchev–Trinajstić information content (AvgIpc) is 2.69. The number of hydrogen-bond acceptors (Lipinski definition) is 4. The first kappa shape index (κ1) is 39.0. The Balaban J connectivity index is -0.000000141. The minimum atomic E-state index is -0.444. The van der Waals surface area contributed by atoms with Gasteiger partial charge in [-0.25, -0.2) is 4.79 Å². The molecule has 0 spiro atoms. The minimum absolute atomic E-state index is 0. The van der Waals surface area contributed by atoms with E-state index in [0.29, 0.717) is 19.0 Å². The third kappa shape index (κ3) is 21.2. The minimum Gasteiger partial charge on any atom is -0.445 e. The number of alkyl carbamates (subject to hydrolysis) is 1. The summed E-state index contributed by atoms with van der Waals surface area (Å²) in [6.45, 7) is 7.64. The van der Waals surface area contributed by atoms with Gasteiger partial charge in [0.05, 0.1) is 0 Å². The van der Waals surface area contributed by atoms with Gasteiger partial charge in [-0.15, -0.1) is 0 Å². The van der Waals surface area contributed by atoms with Crippen LogP contribution in [0.2, 0.25) is 0 Å². The largest absolute Gasteiger partial charge is 0.445 e. The highest BCUT2D eigenvalue weighted by Gasteiger charge is 2.07. The fourth-order valence-corrected chi connectivity index (χ4v) is 2.04. The number of nitrogens with one attached hydrogen (secondary N) is 1. The number of aliphatic hydroxyl groups is 1. The zero-order valence-corrected chi connectivity index (χ0v) is 19.1. The molecule has 178 valence electrons. The van der Waals surface area contributed by atoms with Crippen molar-refractivity contribution in [3.8, 4) is 0 Å². The Bertz CT molecular complexity index is 522. The van der Waals surface area contributed by atoms with Crippen molar-refractivity contribution in [3.63, 3.8) is 0 Å². The number of carbonyl (C=O) groups is 1. The number of benzene rings is 1. The molecular weight excluding hydrogens is 420 g/mol. The number of nitrogens with zero attached hydrogens (tertiary/aromatic N) is 3. The second-order valence-electron chi connectivity index (χ2n) is 6.00. The molecule has 1 atom stereocenters. The molecule has 1 amide bonds. The van der Waals surface area contributed by atoms with Crippen LogP contribution in [0.5, 0.6) is 0 Å². The van der Waals surface area contributed by atoms with Gasteiger partial charge in [0.1, 0.15) is 6.61 Å². The quantitative estimate of drug-likeness (QED) is 0.246. The van der Waals surface area contributed by atoms with E-state index in [9.17, 15) is 4.79 Å². The molecule has 0 unspecified atom stereocenters. The second kappa shape index (κ2) is 27.5. The molecule has 1 aromatic carbocycles. The molecule has 0 aliphatic rings. The molecule has 0 saturated carbocycles. The second-order valence-corrected chi connectivity index (χ2v) is 6.00. The average molecular weight is 465 g/mol. The molecule has 30 heavy (non-hydrogen) atoms. The van der Waals surface area contributed by atoms with E-state index in [1.165, 1.54) is 0 Å². The lowest BCUT2D eigenvalue weighted by atomic mass is 10.0. The molecule has 7 nitrogen and oxygen atoms in total. The van der Waals surface area contributed by atoms with Crippen molar-refractivity contribution in [2.75, 3.05) is 19.7 Å². The van der Waals surface area contributed by atoms with E-state index in [1.807, 2.05) is 37.3 Å². The van der Waals surface area contributed by atoms with Gasteiger partial charge in [0.25, 0.3) is 0 Å². The molecule has 0 saturated heterocycles. The Morgan fingerprint density at radius 2 is 1.63 bits per heavy atom. The Labute approximate surface area is 197 Å². The molecule has 1 rings (SSSR count). The summed E-state index contributed by atoms with van der Waals surface area (Å²) < 4.78 is 5.04. The van der Waals surface area contributed by atoms with E-state index in [4.69, 9.17) is 15.4 Å². The molecule has 9 heteroatoms. The normalized spacial score (nSPS) is 9.50. The smallest absolute Gasteiger partial charge is 0.407 e.